The fourth-order valence-corrected chi connectivity index (χ4v) is 3.29. The van der Waals surface area contributed by atoms with Gasteiger partial charge in [0.05, 0.1) is 0 Å². The summed E-state index contributed by atoms with van der Waals surface area (Å²) >= 11 is 0. The van der Waals surface area contributed by atoms with Crippen molar-refractivity contribution >= 4 is 28.8 Å². The van der Waals surface area contributed by atoms with E-state index in [1.54, 1.807) is 6.08 Å². The highest BCUT2D eigenvalue weighted by molar-refractivity contribution is 5.99. The predicted molar refractivity (Wildman–Crippen MR) is 123 cm³/mol. The van der Waals surface area contributed by atoms with E-state index >= 15 is 0 Å². The van der Waals surface area contributed by atoms with Gasteiger partial charge in [-0.3, -0.25) is 0 Å². The molecule has 0 aliphatic rings. The van der Waals surface area contributed by atoms with E-state index in [1.807, 2.05) is 26.0 Å². The van der Waals surface area contributed by atoms with E-state index < -0.39 is 0 Å². The molecule has 1 heterocycles. The number of allylic oxidation sites excluding steroid dienone is 5. The van der Waals surface area contributed by atoms with Crippen molar-refractivity contribution in [2.24, 2.45) is 0 Å². The Labute approximate surface area is 167 Å². The summed E-state index contributed by atoms with van der Waals surface area (Å²) in [4.78, 5) is 2.18. The average Bonchev–Trinajstić information content (AvgIpc) is 3.09. The summed E-state index contributed by atoms with van der Waals surface area (Å²) < 4.78 is 6.15. The van der Waals surface area contributed by atoms with Crippen LogP contribution >= 0.6 is 0 Å². The van der Waals surface area contributed by atoms with E-state index in [2.05, 4.69) is 86.1 Å². The second kappa shape index (κ2) is 8.62. The topological polar surface area (TPSA) is 16.4 Å². The van der Waals surface area contributed by atoms with Crippen LogP contribution in [0.3, 0.4) is 0 Å². The zero-order valence-corrected chi connectivity index (χ0v) is 17.1. The Hall–Kier alpha value is -3.26. The first-order valence-corrected chi connectivity index (χ1v) is 9.55. The van der Waals surface area contributed by atoms with Crippen LogP contribution in [0.5, 0.6) is 0 Å². The van der Waals surface area contributed by atoms with E-state index in [0.29, 0.717) is 0 Å². The van der Waals surface area contributed by atoms with Crippen molar-refractivity contribution in [3.05, 3.63) is 90.4 Å². The predicted octanol–water partition coefficient (Wildman–Crippen LogP) is 7.69. The standard InChI is InChI=1S/C26H27NO/c1-6-9-12-19(4)27(5)21-17-15-20(16-18-21)22-13-10-14-24-23(11-7-2)25(8-3)28-26(22)24/h6-18H,3H2,1-2,4-5H3/b9-6-,11-7-,19-12+. The molecule has 0 spiro atoms. The van der Waals surface area contributed by atoms with Crippen LogP contribution in [-0.4, -0.2) is 7.05 Å². The van der Waals surface area contributed by atoms with Crippen LogP contribution in [0.2, 0.25) is 0 Å². The summed E-state index contributed by atoms with van der Waals surface area (Å²) in [6.07, 6.45) is 12.1. The molecule has 0 N–H and O–H groups in total. The smallest absolute Gasteiger partial charge is 0.143 e. The fourth-order valence-electron chi connectivity index (χ4n) is 3.29. The maximum Gasteiger partial charge on any atom is 0.143 e. The van der Waals surface area contributed by atoms with E-state index in [0.717, 1.165) is 39.1 Å². The molecule has 3 rings (SSSR count). The lowest BCUT2D eigenvalue weighted by atomic mass is 10.0. The quantitative estimate of drug-likeness (QED) is 0.414. The molecule has 2 heteroatoms. The Morgan fingerprint density at radius 2 is 1.79 bits per heavy atom. The average molecular weight is 370 g/mol. The minimum absolute atomic E-state index is 0.807. The van der Waals surface area contributed by atoms with Crippen LogP contribution < -0.4 is 4.90 Å². The maximum absolute atomic E-state index is 6.15. The van der Waals surface area contributed by atoms with E-state index in [1.165, 1.54) is 5.70 Å². The SMILES string of the molecule is C=Cc1oc2c(-c3ccc(N(C)/C(C)=C/C=C\C)cc3)cccc2c1/C=C\C. The summed E-state index contributed by atoms with van der Waals surface area (Å²) in [6.45, 7) is 10.0. The second-order valence-electron chi connectivity index (χ2n) is 6.71. The number of hydrogen-bond acceptors (Lipinski definition) is 2. The van der Waals surface area contributed by atoms with Gasteiger partial charge >= 0.3 is 0 Å². The normalized spacial score (nSPS) is 12.4. The van der Waals surface area contributed by atoms with Gasteiger partial charge < -0.3 is 9.32 Å². The molecule has 0 amide bonds. The molecule has 0 aliphatic carbocycles. The first-order chi connectivity index (χ1) is 13.6. The molecule has 0 aliphatic heterocycles. The lowest BCUT2D eigenvalue weighted by Gasteiger charge is -2.20. The van der Waals surface area contributed by atoms with Crippen LogP contribution in [0.15, 0.2) is 83.5 Å². The Morgan fingerprint density at radius 1 is 1.04 bits per heavy atom. The lowest BCUT2D eigenvalue weighted by Crippen LogP contribution is -2.13. The van der Waals surface area contributed by atoms with Gasteiger partial charge in [0.2, 0.25) is 0 Å². The third-order valence-corrected chi connectivity index (χ3v) is 4.93. The summed E-state index contributed by atoms with van der Waals surface area (Å²) in [7, 11) is 2.08. The highest BCUT2D eigenvalue weighted by Gasteiger charge is 2.14. The molecule has 0 unspecified atom stereocenters. The molecule has 0 saturated carbocycles. The lowest BCUT2D eigenvalue weighted by molar-refractivity contribution is 0.604. The van der Waals surface area contributed by atoms with Crippen molar-refractivity contribution in [3.8, 4) is 11.1 Å². The fraction of sp³-hybridized carbons (Fsp3) is 0.154. The third kappa shape index (κ3) is 3.72. The number of para-hydroxylation sites is 1. The van der Waals surface area contributed by atoms with Gasteiger partial charge in [-0.25, -0.2) is 0 Å². The van der Waals surface area contributed by atoms with Gasteiger partial charge in [0, 0.05) is 34.9 Å². The van der Waals surface area contributed by atoms with Crippen molar-refractivity contribution in [1.82, 2.24) is 0 Å². The number of fused-ring (bicyclic) bond motifs is 1. The van der Waals surface area contributed by atoms with E-state index in [9.17, 15) is 0 Å². The van der Waals surface area contributed by atoms with Crippen LogP contribution in [0, 0.1) is 0 Å². The van der Waals surface area contributed by atoms with Crippen LogP contribution in [0.1, 0.15) is 32.1 Å². The molecule has 0 saturated heterocycles. The minimum Gasteiger partial charge on any atom is -0.455 e. The summed E-state index contributed by atoms with van der Waals surface area (Å²) in [5.74, 6) is 0.807. The Bertz CT molecular complexity index is 1060. The van der Waals surface area contributed by atoms with Crippen molar-refractivity contribution in [3.63, 3.8) is 0 Å². The van der Waals surface area contributed by atoms with Crippen LogP contribution in [-0.2, 0) is 0 Å². The van der Waals surface area contributed by atoms with Crippen molar-refractivity contribution < 1.29 is 4.42 Å². The second-order valence-corrected chi connectivity index (χ2v) is 6.71. The number of anilines is 1. The van der Waals surface area contributed by atoms with E-state index in [-0.39, 0.29) is 0 Å². The Balaban J connectivity index is 2.03. The summed E-state index contributed by atoms with van der Waals surface area (Å²) in [5.41, 5.74) is 6.53. The van der Waals surface area contributed by atoms with Gasteiger partial charge in [0.15, 0.2) is 0 Å². The first kappa shape index (κ1) is 19.5. The van der Waals surface area contributed by atoms with Gasteiger partial charge in [0.1, 0.15) is 11.3 Å². The molecule has 1 aromatic heterocycles. The van der Waals surface area contributed by atoms with Gasteiger partial charge in [-0.15, -0.1) is 0 Å². The molecule has 28 heavy (non-hydrogen) atoms. The molecule has 0 atom stereocenters. The molecular formula is C26H27NO. The zero-order chi connectivity index (χ0) is 20.1. The molecule has 2 nitrogen and oxygen atoms in total. The molecule has 0 radical (unpaired) electrons. The number of benzene rings is 2. The molecule has 2 aromatic carbocycles. The molecule has 0 bridgehead atoms. The zero-order valence-electron chi connectivity index (χ0n) is 17.1. The molecule has 3 aromatic rings. The number of rotatable bonds is 6. The van der Waals surface area contributed by atoms with Gasteiger partial charge in [-0.1, -0.05) is 61.2 Å². The first-order valence-electron chi connectivity index (χ1n) is 9.55. The van der Waals surface area contributed by atoms with Gasteiger partial charge in [0.25, 0.3) is 0 Å². The maximum atomic E-state index is 6.15. The van der Waals surface area contributed by atoms with Gasteiger partial charge in [-0.05, 0) is 50.6 Å². The van der Waals surface area contributed by atoms with Crippen molar-refractivity contribution in [2.75, 3.05) is 11.9 Å². The highest BCUT2D eigenvalue weighted by Crippen LogP contribution is 2.36. The Morgan fingerprint density at radius 3 is 2.43 bits per heavy atom. The summed E-state index contributed by atoms with van der Waals surface area (Å²) in [6, 6.07) is 14.9. The van der Waals surface area contributed by atoms with Gasteiger partial charge in [-0.2, -0.15) is 0 Å². The van der Waals surface area contributed by atoms with E-state index in [4.69, 9.17) is 4.42 Å². The molecule has 0 fully saturated rings. The van der Waals surface area contributed by atoms with Crippen LogP contribution in [0.4, 0.5) is 5.69 Å². The number of furan rings is 1. The number of hydrogen-bond donors (Lipinski definition) is 0. The monoisotopic (exact) mass is 369 g/mol. The third-order valence-electron chi connectivity index (χ3n) is 4.93. The van der Waals surface area contributed by atoms with Crippen molar-refractivity contribution in [2.45, 2.75) is 20.8 Å². The molecule has 142 valence electrons. The van der Waals surface area contributed by atoms with Crippen LogP contribution in [0.25, 0.3) is 34.2 Å². The summed E-state index contributed by atoms with van der Waals surface area (Å²) in [5, 5.41) is 1.11. The molecular weight excluding hydrogens is 342 g/mol. The highest BCUT2D eigenvalue weighted by atomic mass is 16.3. The minimum atomic E-state index is 0.807. The Kier molecular flexibility index (Phi) is 6.00. The van der Waals surface area contributed by atoms with Crippen molar-refractivity contribution in [1.29, 1.82) is 0 Å². The number of nitrogens with zero attached hydrogens (tertiary/aromatic N) is 1. The largest absolute Gasteiger partial charge is 0.455 e.